The van der Waals surface area contributed by atoms with Gasteiger partial charge in [0.25, 0.3) is 0 Å². The predicted molar refractivity (Wildman–Crippen MR) is 110 cm³/mol. The molecule has 4 atom stereocenters. The van der Waals surface area contributed by atoms with Crippen LogP contribution in [-0.2, 0) is 14.4 Å². The molecule has 3 fully saturated rings. The van der Waals surface area contributed by atoms with E-state index in [1.54, 1.807) is 7.11 Å². The highest BCUT2D eigenvalue weighted by Crippen LogP contribution is 2.56. The topological polar surface area (TPSA) is 75.7 Å². The smallest absolute Gasteiger partial charge is 0.233 e. The Kier molecular flexibility index (Phi) is 5.13. The van der Waals surface area contributed by atoms with Crippen LogP contribution in [0.4, 0.5) is 5.69 Å². The fourth-order valence-electron chi connectivity index (χ4n) is 5.58. The quantitative estimate of drug-likeness (QED) is 0.745. The molecule has 1 saturated heterocycles. The number of imide groups is 1. The number of nitrogens with zero attached hydrogens (tertiary/aromatic N) is 1. The molecule has 3 amide bonds. The van der Waals surface area contributed by atoms with E-state index in [0.29, 0.717) is 11.8 Å². The molecule has 1 aliphatic heterocycles. The van der Waals surface area contributed by atoms with Crippen LogP contribution in [0, 0.1) is 30.6 Å². The molecule has 0 radical (unpaired) electrons. The second-order valence-electron chi connectivity index (χ2n) is 9.07. The first kappa shape index (κ1) is 19.9. The first-order valence-electron chi connectivity index (χ1n) is 10.7. The van der Waals surface area contributed by atoms with Crippen LogP contribution >= 0.6 is 0 Å². The molecular weight excluding hydrogens is 368 g/mol. The molecule has 29 heavy (non-hydrogen) atoms. The minimum absolute atomic E-state index is 0.0530. The molecule has 1 N–H and O–H groups in total. The fraction of sp³-hybridized carbons (Fsp3) is 0.609. The van der Waals surface area contributed by atoms with Crippen LogP contribution in [0.5, 0.6) is 5.75 Å². The Balaban J connectivity index is 1.40. The number of carbonyl (C=O) groups is 3. The van der Waals surface area contributed by atoms with Crippen molar-refractivity contribution in [1.29, 1.82) is 0 Å². The van der Waals surface area contributed by atoms with E-state index in [9.17, 15) is 14.4 Å². The van der Waals surface area contributed by atoms with Crippen molar-refractivity contribution in [3.8, 4) is 5.75 Å². The number of fused-ring (bicyclic) bond motifs is 5. The van der Waals surface area contributed by atoms with Crippen molar-refractivity contribution in [3.63, 3.8) is 0 Å². The van der Waals surface area contributed by atoms with Gasteiger partial charge in [0.15, 0.2) is 0 Å². The lowest BCUT2D eigenvalue weighted by Gasteiger charge is -2.19. The third-order valence-corrected chi connectivity index (χ3v) is 7.05. The van der Waals surface area contributed by atoms with E-state index in [4.69, 9.17) is 4.74 Å². The van der Waals surface area contributed by atoms with Crippen LogP contribution in [0.1, 0.15) is 56.6 Å². The standard InChI is InChI=1S/C23H30N2O4/c1-12(2)16-11-17(13(3)9-18(16)29-4)24-19(26)7-8-25-22(27)20-14-5-6-15(10-14)21(20)23(25)28/h9,11-12,14-15,20-21H,5-8,10H2,1-4H3,(H,24,26)/t14-,15-,20-,21-/m0/s1. The van der Waals surface area contributed by atoms with Gasteiger partial charge in [0.05, 0.1) is 18.9 Å². The van der Waals surface area contributed by atoms with Crippen LogP contribution in [0.2, 0.25) is 0 Å². The summed E-state index contributed by atoms with van der Waals surface area (Å²) >= 11 is 0. The van der Waals surface area contributed by atoms with Gasteiger partial charge in [-0.05, 0) is 67.2 Å². The van der Waals surface area contributed by atoms with Crippen molar-refractivity contribution in [1.82, 2.24) is 4.90 Å². The molecule has 2 aliphatic carbocycles. The van der Waals surface area contributed by atoms with Crippen molar-refractivity contribution < 1.29 is 19.1 Å². The van der Waals surface area contributed by atoms with Gasteiger partial charge in [-0.15, -0.1) is 0 Å². The lowest BCUT2D eigenvalue weighted by molar-refractivity contribution is -0.140. The molecule has 4 rings (SSSR count). The summed E-state index contributed by atoms with van der Waals surface area (Å²) in [5, 5.41) is 2.95. The minimum atomic E-state index is -0.186. The second-order valence-corrected chi connectivity index (χ2v) is 9.07. The molecule has 0 unspecified atom stereocenters. The summed E-state index contributed by atoms with van der Waals surface area (Å²) in [5.74, 6) is 1.27. The summed E-state index contributed by atoms with van der Waals surface area (Å²) in [5.41, 5.74) is 2.69. The Morgan fingerprint density at radius 2 is 1.79 bits per heavy atom. The average molecular weight is 399 g/mol. The van der Waals surface area contributed by atoms with Gasteiger partial charge in [-0.2, -0.15) is 0 Å². The van der Waals surface area contributed by atoms with Crippen molar-refractivity contribution in [2.75, 3.05) is 19.0 Å². The van der Waals surface area contributed by atoms with Gasteiger partial charge in [-0.1, -0.05) is 13.8 Å². The lowest BCUT2D eigenvalue weighted by atomic mass is 9.81. The summed E-state index contributed by atoms with van der Waals surface area (Å²) < 4.78 is 5.45. The van der Waals surface area contributed by atoms with E-state index in [1.165, 1.54) is 4.90 Å². The molecule has 156 valence electrons. The summed E-state index contributed by atoms with van der Waals surface area (Å²) in [6.45, 7) is 6.25. The zero-order chi connectivity index (χ0) is 20.9. The number of hydrogen-bond donors (Lipinski definition) is 1. The van der Waals surface area contributed by atoms with Crippen LogP contribution < -0.4 is 10.1 Å². The SMILES string of the molecule is COc1cc(C)c(NC(=O)CCN2C(=O)[C@H]3[C@H]4CC[C@@H](C4)[C@@H]3C2=O)cc1C(C)C. The average Bonchev–Trinajstić information content (AvgIpc) is 3.35. The van der Waals surface area contributed by atoms with E-state index < -0.39 is 0 Å². The molecule has 6 heteroatoms. The monoisotopic (exact) mass is 398 g/mol. The van der Waals surface area contributed by atoms with E-state index >= 15 is 0 Å². The first-order valence-corrected chi connectivity index (χ1v) is 10.7. The number of anilines is 1. The number of rotatable bonds is 6. The predicted octanol–water partition coefficient (Wildman–Crippen LogP) is 3.49. The van der Waals surface area contributed by atoms with Crippen LogP contribution in [0.3, 0.4) is 0 Å². The van der Waals surface area contributed by atoms with Crippen molar-refractivity contribution in [3.05, 3.63) is 23.3 Å². The number of methoxy groups -OCH3 is 1. The summed E-state index contributed by atoms with van der Waals surface area (Å²) in [6, 6.07) is 3.88. The van der Waals surface area contributed by atoms with E-state index in [-0.39, 0.29) is 48.4 Å². The zero-order valence-electron chi connectivity index (χ0n) is 17.7. The number of amides is 3. The van der Waals surface area contributed by atoms with Gasteiger partial charge in [0.1, 0.15) is 5.75 Å². The summed E-state index contributed by atoms with van der Waals surface area (Å²) in [7, 11) is 1.64. The maximum absolute atomic E-state index is 12.8. The Morgan fingerprint density at radius 3 is 2.34 bits per heavy atom. The number of ether oxygens (including phenoxy) is 1. The molecular formula is C23H30N2O4. The number of hydrogen-bond acceptors (Lipinski definition) is 4. The molecule has 2 saturated carbocycles. The highest BCUT2D eigenvalue weighted by Gasteiger charge is 2.60. The molecule has 3 aliphatic rings. The van der Waals surface area contributed by atoms with Crippen LogP contribution in [0.25, 0.3) is 0 Å². The van der Waals surface area contributed by atoms with Crippen molar-refractivity contribution in [2.45, 2.75) is 52.4 Å². The molecule has 1 heterocycles. The van der Waals surface area contributed by atoms with Gasteiger partial charge in [-0.3, -0.25) is 19.3 Å². The molecule has 0 aromatic heterocycles. The van der Waals surface area contributed by atoms with Gasteiger partial charge in [0.2, 0.25) is 17.7 Å². The largest absolute Gasteiger partial charge is 0.496 e. The highest BCUT2D eigenvalue weighted by atomic mass is 16.5. The van der Waals surface area contributed by atoms with Gasteiger partial charge < -0.3 is 10.1 Å². The Hall–Kier alpha value is -2.37. The number of nitrogens with one attached hydrogen (secondary N) is 1. The van der Waals surface area contributed by atoms with E-state index in [1.807, 2.05) is 19.1 Å². The van der Waals surface area contributed by atoms with E-state index in [0.717, 1.165) is 41.8 Å². The summed E-state index contributed by atoms with van der Waals surface area (Å²) in [4.78, 5) is 39.4. The Labute approximate surface area is 172 Å². The number of likely N-dealkylation sites (tertiary alicyclic amines) is 1. The fourth-order valence-corrected chi connectivity index (χ4v) is 5.58. The molecule has 1 aromatic carbocycles. The number of benzene rings is 1. The first-order chi connectivity index (χ1) is 13.8. The zero-order valence-corrected chi connectivity index (χ0v) is 17.7. The lowest BCUT2D eigenvalue weighted by Crippen LogP contribution is -2.35. The van der Waals surface area contributed by atoms with Gasteiger partial charge >= 0.3 is 0 Å². The van der Waals surface area contributed by atoms with Crippen molar-refractivity contribution >= 4 is 23.4 Å². The third-order valence-electron chi connectivity index (χ3n) is 7.05. The molecule has 2 bridgehead atoms. The Bertz CT molecular complexity index is 835. The van der Waals surface area contributed by atoms with Crippen LogP contribution in [0.15, 0.2) is 12.1 Å². The molecule has 0 spiro atoms. The van der Waals surface area contributed by atoms with E-state index in [2.05, 4.69) is 19.2 Å². The Morgan fingerprint density at radius 1 is 1.17 bits per heavy atom. The maximum atomic E-state index is 12.8. The minimum Gasteiger partial charge on any atom is -0.496 e. The van der Waals surface area contributed by atoms with Gasteiger partial charge in [0, 0.05) is 18.7 Å². The van der Waals surface area contributed by atoms with Crippen LogP contribution in [-0.4, -0.2) is 36.3 Å². The highest BCUT2D eigenvalue weighted by molar-refractivity contribution is 6.06. The third kappa shape index (κ3) is 3.32. The normalized spacial score (nSPS) is 27.7. The maximum Gasteiger partial charge on any atom is 0.233 e. The molecule has 6 nitrogen and oxygen atoms in total. The second kappa shape index (κ2) is 7.47. The number of carbonyl (C=O) groups excluding carboxylic acids is 3. The summed E-state index contributed by atoms with van der Waals surface area (Å²) in [6.07, 6.45) is 3.27. The van der Waals surface area contributed by atoms with Gasteiger partial charge in [-0.25, -0.2) is 0 Å². The molecule has 1 aromatic rings. The van der Waals surface area contributed by atoms with Crippen molar-refractivity contribution in [2.24, 2.45) is 23.7 Å². The number of aryl methyl sites for hydroxylation is 1.